The number of aromatic nitrogens is 2. The van der Waals surface area contributed by atoms with Gasteiger partial charge in [-0.3, -0.25) is 4.79 Å². The Balaban J connectivity index is 2.26. The smallest absolute Gasteiger partial charge is 0.303 e. The first-order valence-electron chi connectivity index (χ1n) is 5.90. The van der Waals surface area contributed by atoms with E-state index in [-0.39, 0.29) is 6.42 Å². The molecule has 0 aliphatic rings. The Morgan fingerprint density at radius 3 is 3.00 bits per heavy atom. The Labute approximate surface area is 105 Å². The number of aryl methyl sites for hydroxylation is 1. The van der Waals surface area contributed by atoms with E-state index in [9.17, 15) is 4.79 Å². The first-order chi connectivity index (χ1) is 8.11. The largest absolute Gasteiger partial charge is 0.481 e. The van der Waals surface area contributed by atoms with E-state index in [1.807, 2.05) is 6.92 Å². The van der Waals surface area contributed by atoms with E-state index in [0.29, 0.717) is 12.3 Å². The van der Waals surface area contributed by atoms with Gasteiger partial charge in [0.05, 0.1) is 0 Å². The van der Waals surface area contributed by atoms with Crippen LogP contribution in [0, 0.1) is 5.92 Å². The Morgan fingerprint density at radius 1 is 1.59 bits per heavy atom. The second-order valence-corrected chi connectivity index (χ2v) is 4.94. The molecule has 0 bridgehead atoms. The first-order valence-corrected chi connectivity index (χ1v) is 6.67. The maximum Gasteiger partial charge on any atom is 0.303 e. The minimum atomic E-state index is -0.738. The van der Waals surface area contributed by atoms with Crippen molar-refractivity contribution < 1.29 is 9.90 Å². The van der Waals surface area contributed by atoms with Crippen molar-refractivity contribution in [1.82, 2.24) is 9.36 Å². The number of hydrogen-bond donors (Lipinski definition) is 2. The summed E-state index contributed by atoms with van der Waals surface area (Å²) >= 11 is 1.37. The zero-order valence-electron chi connectivity index (χ0n) is 10.3. The molecule has 1 rings (SSSR count). The zero-order valence-corrected chi connectivity index (χ0v) is 11.1. The summed E-state index contributed by atoms with van der Waals surface area (Å²) in [7, 11) is 0. The fourth-order valence-electron chi connectivity index (χ4n) is 1.38. The van der Waals surface area contributed by atoms with E-state index in [1.165, 1.54) is 11.5 Å². The van der Waals surface area contributed by atoms with Gasteiger partial charge in [-0.05, 0) is 18.8 Å². The molecule has 1 unspecified atom stereocenters. The monoisotopic (exact) mass is 257 g/mol. The van der Waals surface area contributed by atoms with E-state index >= 15 is 0 Å². The average Bonchev–Trinajstić information content (AvgIpc) is 2.72. The number of nitrogens with zero attached hydrogens (tertiary/aromatic N) is 2. The third-order valence-electron chi connectivity index (χ3n) is 2.39. The molecule has 1 aromatic rings. The van der Waals surface area contributed by atoms with Gasteiger partial charge >= 0.3 is 5.97 Å². The number of nitrogens with one attached hydrogen (secondary N) is 1. The van der Waals surface area contributed by atoms with E-state index in [1.54, 1.807) is 0 Å². The zero-order chi connectivity index (χ0) is 12.7. The molecule has 1 atom stereocenters. The lowest BCUT2D eigenvalue weighted by atomic mass is 10.1. The molecule has 96 valence electrons. The average molecular weight is 257 g/mol. The highest BCUT2D eigenvalue weighted by atomic mass is 32.1. The number of carbonyl (C=O) groups is 1. The van der Waals surface area contributed by atoms with Crippen molar-refractivity contribution in [3.05, 3.63) is 5.82 Å². The predicted octanol–water partition coefficient (Wildman–Crippen LogP) is 2.40. The van der Waals surface area contributed by atoms with E-state index in [2.05, 4.69) is 21.6 Å². The number of hydrogen-bond acceptors (Lipinski definition) is 5. The van der Waals surface area contributed by atoms with Crippen LogP contribution < -0.4 is 5.32 Å². The Kier molecular flexibility index (Phi) is 5.90. The molecule has 1 aromatic heterocycles. The molecule has 0 saturated heterocycles. The van der Waals surface area contributed by atoms with Crippen LogP contribution >= 0.6 is 11.5 Å². The maximum atomic E-state index is 10.4. The topological polar surface area (TPSA) is 75.1 Å². The second kappa shape index (κ2) is 7.21. The molecule has 0 amide bonds. The first kappa shape index (κ1) is 13.9. The highest BCUT2D eigenvalue weighted by Crippen LogP contribution is 2.14. The van der Waals surface area contributed by atoms with Crippen LogP contribution in [0.3, 0.4) is 0 Å². The molecule has 1 heterocycles. The van der Waals surface area contributed by atoms with Gasteiger partial charge in [0.15, 0.2) is 0 Å². The molecule has 0 saturated carbocycles. The van der Waals surface area contributed by atoms with Crippen LogP contribution in [-0.4, -0.2) is 27.0 Å². The van der Waals surface area contributed by atoms with Gasteiger partial charge in [-0.2, -0.15) is 4.37 Å². The van der Waals surface area contributed by atoms with Crippen LogP contribution in [0.25, 0.3) is 0 Å². The maximum absolute atomic E-state index is 10.4. The standard InChI is InChI=1S/C11H19N3O2S/c1-3-4-9-13-11(17-14-9)12-7-8(2)5-6-10(15)16/h8H,3-7H2,1-2H3,(H,15,16)(H,12,13,14). The van der Waals surface area contributed by atoms with Crippen molar-refractivity contribution in [2.24, 2.45) is 5.92 Å². The molecule has 2 N–H and O–H groups in total. The number of aliphatic carboxylic acids is 1. The third kappa shape index (κ3) is 5.63. The Bertz CT molecular complexity index is 354. The Hall–Kier alpha value is -1.17. The third-order valence-corrected chi connectivity index (χ3v) is 3.11. The van der Waals surface area contributed by atoms with Crippen LogP contribution in [0.4, 0.5) is 5.13 Å². The number of carboxylic acid groups (broad SMARTS) is 1. The highest BCUT2D eigenvalue weighted by molar-refractivity contribution is 7.09. The lowest BCUT2D eigenvalue weighted by molar-refractivity contribution is -0.137. The fourth-order valence-corrected chi connectivity index (χ4v) is 2.00. The summed E-state index contributed by atoms with van der Waals surface area (Å²) in [5.74, 6) is 0.473. The molecular formula is C11H19N3O2S. The second-order valence-electron chi connectivity index (χ2n) is 4.18. The Morgan fingerprint density at radius 2 is 2.35 bits per heavy atom. The lowest BCUT2D eigenvalue weighted by Gasteiger charge is -2.09. The minimum Gasteiger partial charge on any atom is -0.481 e. The van der Waals surface area contributed by atoms with Gasteiger partial charge in [0, 0.05) is 30.9 Å². The van der Waals surface area contributed by atoms with E-state index in [4.69, 9.17) is 5.11 Å². The molecule has 0 aliphatic heterocycles. The summed E-state index contributed by atoms with van der Waals surface area (Å²) < 4.78 is 4.23. The summed E-state index contributed by atoms with van der Waals surface area (Å²) in [4.78, 5) is 14.8. The van der Waals surface area contributed by atoms with Crippen LogP contribution in [0.2, 0.25) is 0 Å². The minimum absolute atomic E-state index is 0.222. The van der Waals surface area contributed by atoms with Gasteiger partial charge in [0.1, 0.15) is 5.82 Å². The van der Waals surface area contributed by atoms with Crippen molar-refractivity contribution in [3.63, 3.8) is 0 Å². The number of anilines is 1. The van der Waals surface area contributed by atoms with E-state index < -0.39 is 5.97 Å². The number of rotatable bonds is 8. The van der Waals surface area contributed by atoms with Crippen molar-refractivity contribution in [1.29, 1.82) is 0 Å². The molecule has 0 aliphatic carbocycles. The van der Waals surface area contributed by atoms with Crippen LogP contribution in [0.1, 0.15) is 38.9 Å². The summed E-state index contributed by atoms with van der Waals surface area (Å²) in [6, 6.07) is 0. The van der Waals surface area contributed by atoms with Crippen LogP contribution in [0.15, 0.2) is 0 Å². The van der Waals surface area contributed by atoms with Crippen LogP contribution in [0.5, 0.6) is 0 Å². The van der Waals surface area contributed by atoms with Gasteiger partial charge in [-0.25, -0.2) is 4.98 Å². The predicted molar refractivity (Wildman–Crippen MR) is 68.4 cm³/mol. The van der Waals surface area contributed by atoms with Gasteiger partial charge in [0.2, 0.25) is 5.13 Å². The van der Waals surface area contributed by atoms with Gasteiger partial charge in [-0.15, -0.1) is 0 Å². The number of carboxylic acids is 1. The molecule has 5 nitrogen and oxygen atoms in total. The van der Waals surface area contributed by atoms with Crippen LogP contribution in [-0.2, 0) is 11.2 Å². The summed E-state index contributed by atoms with van der Waals surface area (Å²) in [6.45, 7) is 4.88. The van der Waals surface area contributed by atoms with Crippen molar-refractivity contribution >= 4 is 22.6 Å². The van der Waals surface area contributed by atoms with Gasteiger partial charge < -0.3 is 10.4 Å². The summed E-state index contributed by atoms with van der Waals surface area (Å²) in [6.07, 6.45) is 2.86. The molecule has 0 spiro atoms. The molecule has 17 heavy (non-hydrogen) atoms. The molecule has 0 aromatic carbocycles. The van der Waals surface area contributed by atoms with Crippen molar-refractivity contribution in [2.75, 3.05) is 11.9 Å². The quantitative estimate of drug-likeness (QED) is 0.748. The molecular weight excluding hydrogens is 238 g/mol. The molecule has 0 radical (unpaired) electrons. The molecule has 0 fully saturated rings. The van der Waals surface area contributed by atoms with Crippen molar-refractivity contribution in [2.45, 2.75) is 39.5 Å². The summed E-state index contributed by atoms with van der Waals surface area (Å²) in [5.41, 5.74) is 0. The lowest BCUT2D eigenvalue weighted by Crippen LogP contribution is -2.12. The van der Waals surface area contributed by atoms with Crippen molar-refractivity contribution in [3.8, 4) is 0 Å². The van der Waals surface area contributed by atoms with Gasteiger partial charge in [-0.1, -0.05) is 13.8 Å². The highest BCUT2D eigenvalue weighted by Gasteiger charge is 2.07. The normalized spacial score (nSPS) is 12.4. The fraction of sp³-hybridized carbons (Fsp3) is 0.727. The summed E-state index contributed by atoms with van der Waals surface area (Å²) in [5, 5.41) is 12.6. The molecule has 6 heteroatoms. The van der Waals surface area contributed by atoms with Gasteiger partial charge in [0.25, 0.3) is 0 Å². The van der Waals surface area contributed by atoms with E-state index in [0.717, 1.165) is 30.3 Å². The SMILES string of the molecule is CCCc1nsc(NCC(C)CCC(=O)O)n1.